The molecule has 0 radical (unpaired) electrons. The molecule has 0 saturated carbocycles. The lowest BCUT2D eigenvalue weighted by atomic mass is 10.2. The molecule has 2 aromatic carbocycles. The molecule has 0 aliphatic carbocycles. The zero-order valence-corrected chi connectivity index (χ0v) is 12.6. The van der Waals surface area contributed by atoms with Crippen molar-refractivity contribution >= 4 is 17.6 Å². The smallest absolute Gasteiger partial charge is 0.338 e. The van der Waals surface area contributed by atoms with E-state index < -0.39 is 0 Å². The third-order valence-corrected chi connectivity index (χ3v) is 3.06. The zero-order valence-electron chi connectivity index (χ0n) is 11.8. The van der Waals surface area contributed by atoms with Gasteiger partial charge in [0.2, 0.25) is 0 Å². The number of halogens is 1. The van der Waals surface area contributed by atoms with Gasteiger partial charge in [-0.1, -0.05) is 30.7 Å². The van der Waals surface area contributed by atoms with Gasteiger partial charge in [-0.25, -0.2) is 4.79 Å². The Bertz CT molecular complexity index is 593. The van der Waals surface area contributed by atoms with Crippen LogP contribution in [0.1, 0.15) is 29.3 Å². The number of esters is 1. The first-order valence-corrected chi connectivity index (χ1v) is 7.21. The molecule has 110 valence electrons. The quantitative estimate of drug-likeness (QED) is 0.738. The highest BCUT2D eigenvalue weighted by molar-refractivity contribution is 6.30. The highest BCUT2D eigenvalue weighted by atomic mass is 35.5. The van der Waals surface area contributed by atoms with Gasteiger partial charge in [0, 0.05) is 5.02 Å². The average Bonchev–Trinajstić information content (AvgIpc) is 2.51. The van der Waals surface area contributed by atoms with Gasteiger partial charge in [0.05, 0.1) is 12.2 Å². The van der Waals surface area contributed by atoms with E-state index in [9.17, 15) is 4.79 Å². The second kappa shape index (κ2) is 7.70. The van der Waals surface area contributed by atoms with Gasteiger partial charge in [-0.05, 0) is 48.4 Å². The van der Waals surface area contributed by atoms with Gasteiger partial charge in [-0.2, -0.15) is 0 Å². The molecule has 0 fully saturated rings. The molecule has 0 atom stereocenters. The Labute approximate surface area is 129 Å². The van der Waals surface area contributed by atoms with E-state index >= 15 is 0 Å². The highest BCUT2D eigenvalue weighted by Gasteiger charge is 2.06. The van der Waals surface area contributed by atoms with Gasteiger partial charge in [0.25, 0.3) is 0 Å². The minimum Gasteiger partial charge on any atom is -0.489 e. The summed E-state index contributed by atoms with van der Waals surface area (Å²) in [5.41, 5.74) is 1.52. The molecule has 0 N–H and O–H groups in total. The minimum atomic E-state index is -0.307. The van der Waals surface area contributed by atoms with Crippen molar-refractivity contribution in [1.29, 1.82) is 0 Å². The fourth-order valence-corrected chi connectivity index (χ4v) is 1.97. The van der Waals surface area contributed by atoms with E-state index in [0.717, 1.165) is 12.0 Å². The first-order valence-electron chi connectivity index (χ1n) is 6.83. The maximum atomic E-state index is 11.7. The summed E-state index contributed by atoms with van der Waals surface area (Å²) in [5.74, 6) is 0.389. The highest BCUT2D eigenvalue weighted by Crippen LogP contribution is 2.16. The maximum Gasteiger partial charge on any atom is 0.338 e. The van der Waals surface area contributed by atoms with Gasteiger partial charge < -0.3 is 9.47 Å². The van der Waals surface area contributed by atoms with Gasteiger partial charge in [-0.3, -0.25) is 0 Å². The van der Waals surface area contributed by atoms with E-state index in [1.54, 1.807) is 24.3 Å². The van der Waals surface area contributed by atoms with E-state index in [1.165, 1.54) is 0 Å². The zero-order chi connectivity index (χ0) is 15.1. The molecule has 4 heteroatoms. The third-order valence-electron chi connectivity index (χ3n) is 2.82. The number of carbonyl (C=O) groups is 1. The van der Waals surface area contributed by atoms with Crippen LogP contribution in [0.25, 0.3) is 0 Å². The molecule has 0 aromatic heterocycles. The molecule has 3 nitrogen and oxygen atoms in total. The molecule has 0 heterocycles. The predicted molar refractivity (Wildman–Crippen MR) is 82.8 cm³/mol. The molecular formula is C17H17ClO3. The Kier molecular flexibility index (Phi) is 5.64. The van der Waals surface area contributed by atoms with E-state index in [4.69, 9.17) is 21.1 Å². The number of rotatable bonds is 6. The number of benzene rings is 2. The lowest BCUT2D eigenvalue weighted by Crippen LogP contribution is -2.05. The fraction of sp³-hybridized carbons (Fsp3) is 0.235. The van der Waals surface area contributed by atoms with Crippen LogP contribution in [0.2, 0.25) is 5.02 Å². The van der Waals surface area contributed by atoms with Crippen molar-refractivity contribution in [3.05, 3.63) is 64.7 Å². The van der Waals surface area contributed by atoms with Crippen molar-refractivity contribution in [1.82, 2.24) is 0 Å². The molecule has 0 unspecified atom stereocenters. The van der Waals surface area contributed by atoms with Crippen LogP contribution in [0.3, 0.4) is 0 Å². The van der Waals surface area contributed by atoms with Gasteiger partial charge >= 0.3 is 5.97 Å². The largest absolute Gasteiger partial charge is 0.489 e. The predicted octanol–water partition coefficient (Wildman–Crippen LogP) is 4.49. The van der Waals surface area contributed by atoms with Gasteiger partial charge in [0.1, 0.15) is 12.4 Å². The second-order valence-corrected chi connectivity index (χ2v) is 5.02. The van der Waals surface area contributed by atoms with Gasteiger partial charge in [0.15, 0.2) is 0 Å². The molecule has 21 heavy (non-hydrogen) atoms. The van der Waals surface area contributed by atoms with E-state index in [-0.39, 0.29) is 5.97 Å². The normalized spacial score (nSPS) is 10.2. The summed E-state index contributed by atoms with van der Waals surface area (Å²) in [6.07, 6.45) is 0.812. The molecule has 0 bridgehead atoms. The van der Waals surface area contributed by atoms with Crippen LogP contribution in [-0.4, -0.2) is 12.6 Å². The lowest BCUT2D eigenvalue weighted by Gasteiger charge is -2.08. The Hall–Kier alpha value is -2.00. The van der Waals surface area contributed by atoms with Crippen molar-refractivity contribution in [2.75, 3.05) is 6.61 Å². The summed E-state index contributed by atoms with van der Waals surface area (Å²) in [7, 11) is 0. The SMILES string of the molecule is CCCOC(=O)c1ccc(OCc2cccc(Cl)c2)cc1. The molecule has 0 amide bonds. The van der Waals surface area contributed by atoms with Crippen LogP contribution < -0.4 is 4.74 Å². The molecule has 2 aromatic rings. The fourth-order valence-electron chi connectivity index (χ4n) is 1.76. The van der Waals surface area contributed by atoms with Crippen molar-refractivity contribution in [2.45, 2.75) is 20.0 Å². The Morgan fingerprint density at radius 3 is 2.57 bits per heavy atom. The summed E-state index contributed by atoms with van der Waals surface area (Å²) in [6.45, 7) is 2.83. The minimum absolute atomic E-state index is 0.307. The van der Waals surface area contributed by atoms with Crippen LogP contribution in [0.4, 0.5) is 0 Å². The molecule has 0 spiro atoms. The number of carbonyl (C=O) groups excluding carboxylic acids is 1. The van der Waals surface area contributed by atoms with E-state index in [0.29, 0.717) is 29.5 Å². The maximum absolute atomic E-state index is 11.7. The molecule has 0 aliphatic heterocycles. The van der Waals surface area contributed by atoms with Gasteiger partial charge in [-0.15, -0.1) is 0 Å². The summed E-state index contributed by atoms with van der Waals surface area (Å²) in [6, 6.07) is 14.4. The summed E-state index contributed by atoms with van der Waals surface area (Å²) in [4.78, 5) is 11.7. The van der Waals surface area contributed by atoms with Crippen molar-refractivity contribution in [2.24, 2.45) is 0 Å². The topological polar surface area (TPSA) is 35.5 Å². The van der Waals surface area contributed by atoms with Crippen LogP contribution >= 0.6 is 11.6 Å². The summed E-state index contributed by atoms with van der Waals surface area (Å²) >= 11 is 5.92. The molecule has 2 rings (SSSR count). The second-order valence-electron chi connectivity index (χ2n) is 4.58. The van der Waals surface area contributed by atoms with Crippen LogP contribution in [0, 0.1) is 0 Å². The third kappa shape index (κ3) is 4.80. The Morgan fingerprint density at radius 2 is 1.90 bits per heavy atom. The molecule has 0 aliphatic rings. The van der Waals surface area contributed by atoms with Crippen LogP contribution in [-0.2, 0) is 11.3 Å². The monoisotopic (exact) mass is 304 g/mol. The average molecular weight is 305 g/mol. The standard InChI is InChI=1S/C17H17ClO3/c1-2-10-20-17(19)14-6-8-16(9-7-14)21-12-13-4-3-5-15(18)11-13/h3-9,11H,2,10,12H2,1H3. The Morgan fingerprint density at radius 1 is 1.14 bits per heavy atom. The van der Waals surface area contributed by atoms with Crippen LogP contribution in [0.5, 0.6) is 5.75 Å². The van der Waals surface area contributed by atoms with Crippen molar-refractivity contribution < 1.29 is 14.3 Å². The lowest BCUT2D eigenvalue weighted by molar-refractivity contribution is 0.0505. The van der Waals surface area contributed by atoms with Crippen molar-refractivity contribution in [3.8, 4) is 5.75 Å². The Balaban J connectivity index is 1.92. The number of ether oxygens (including phenoxy) is 2. The van der Waals surface area contributed by atoms with E-state index in [1.807, 2.05) is 31.2 Å². The number of hydrogen-bond donors (Lipinski definition) is 0. The van der Waals surface area contributed by atoms with E-state index in [2.05, 4.69) is 0 Å². The van der Waals surface area contributed by atoms with Crippen molar-refractivity contribution in [3.63, 3.8) is 0 Å². The molecular weight excluding hydrogens is 288 g/mol. The first kappa shape index (κ1) is 15.4. The summed E-state index contributed by atoms with van der Waals surface area (Å²) in [5, 5.41) is 0.685. The van der Waals surface area contributed by atoms with Crippen LogP contribution in [0.15, 0.2) is 48.5 Å². The first-order chi connectivity index (χ1) is 10.2. The summed E-state index contributed by atoms with van der Waals surface area (Å²) < 4.78 is 10.7. The number of hydrogen-bond acceptors (Lipinski definition) is 3. The molecule has 0 saturated heterocycles.